The van der Waals surface area contributed by atoms with E-state index in [1.54, 1.807) is 28.9 Å². The summed E-state index contributed by atoms with van der Waals surface area (Å²) < 4.78 is 29.0. The fourth-order valence-corrected chi connectivity index (χ4v) is 3.49. The van der Waals surface area contributed by atoms with Crippen molar-refractivity contribution in [1.29, 1.82) is 0 Å². The summed E-state index contributed by atoms with van der Waals surface area (Å²) >= 11 is 5.94. The van der Waals surface area contributed by atoms with Gasteiger partial charge in [0.2, 0.25) is 0 Å². The number of sulfonamides is 1. The number of benzene rings is 1. The highest BCUT2D eigenvalue weighted by atomic mass is 35.5. The van der Waals surface area contributed by atoms with Crippen LogP contribution in [0.4, 0.5) is 5.82 Å². The first-order chi connectivity index (χ1) is 9.99. The Morgan fingerprint density at radius 3 is 2.76 bits per heavy atom. The zero-order chi connectivity index (χ0) is 15.0. The van der Waals surface area contributed by atoms with Crippen molar-refractivity contribution >= 4 is 33.1 Å². The fraction of sp³-hybridized carbons (Fsp3) is 0.0769. The summed E-state index contributed by atoms with van der Waals surface area (Å²) in [6, 6.07) is 6.22. The number of hydrogen-bond donors (Lipinski definition) is 1. The molecule has 0 aliphatic heterocycles. The van der Waals surface area contributed by atoms with Gasteiger partial charge in [0.25, 0.3) is 10.0 Å². The molecule has 0 saturated carbocycles. The number of rotatable bonds is 3. The van der Waals surface area contributed by atoms with Gasteiger partial charge >= 0.3 is 0 Å². The van der Waals surface area contributed by atoms with E-state index in [-0.39, 0.29) is 15.7 Å². The minimum atomic E-state index is -3.82. The molecule has 0 saturated heterocycles. The molecule has 1 aromatic carbocycles. The summed E-state index contributed by atoms with van der Waals surface area (Å²) in [5.74, 6) is 0.158. The number of aromatic nitrogens is 3. The van der Waals surface area contributed by atoms with Crippen LogP contribution in [-0.2, 0) is 10.0 Å². The second-order valence-corrected chi connectivity index (χ2v) is 6.46. The van der Waals surface area contributed by atoms with E-state index in [1.165, 1.54) is 18.3 Å². The molecule has 0 unspecified atom stereocenters. The van der Waals surface area contributed by atoms with Crippen molar-refractivity contribution in [2.75, 3.05) is 4.72 Å². The van der Waals surface area contributed by atoms with Gasteiger partial charge in [0.05, 0.1) is 5.02 Å². The van der Waals surface area contributed by atoms with Crippen LogP contribution in [0.25, 0.3) is 5.65 Å². The highest BCUT2D eigenvalue weighted by molar-refractivity contribution is 7.92. The molecular weight excluding hydrogens is 312 g/mol. The maximum absolute atomic E-state index is 12.4. The van der Waals surface area contributed by atoms with E-state index in [0.29, 0.717) is 5.65 Å². The van der Waals surface area contributed by atoms with Crippen molar-refractivity contribution in [3.05, 3.63) is 53.6 Å². The van der Waals surface area contributed by atoms with Gasteiger partial charge in [-0.1, -0.05) is 23.7 Å². The molecule has 2 heterocycles. The van der Waals surface area contributed by atoms with Crippen LogP contribution in [-0.4, -0.2) is 22.8 Å². The van der Waals surface area contributed by atoms with Crippen LogP contribution >= 0.6 is 11.6 Å². The van der Waals surface area contributed by atoms with Crippen LogP contribution in [0.2, 0.25) is 5.02 Å². The molecule has 1 N–H and O–H groups in total. The fourth-order valence-electron chi connectivity index (χ4n) is 1.96. The molecule has 0 aliphatic carbocycles. The van der Waals surface area contributed by atoms with Crippen molar-refractivity contribution in [3.63, 3.8) is 0 Å². The number of imidazole rings is 1. The van der Waals surface area contributed by atoms with E-state index in [9.17, 15) is 8.42 Å². The lowest BCUT2D eigenvalue weighted by atomic mass is 10.4. The Hall–Kier alpha value is -2.12. The maximum atomic E-state index is 12.4. The largest absolute Gasteiger partial charge is 0.300 e. The molecule has 0 bridgehead atoms. The molecule has 0 radical (unpaired) electrons. The number of aryl methyl sites for hydroxylation is 1. The van der Waals surface area contributed by atoms with Gasteiger partial charge < -0.3 is 0 Å². The van der Waals surface area contributed by atoms with E-state index in [1.807, 2.05) is 6.92 Å². The Kier molecular flexibility index (Phi) is 3.30. The third-order valence-electron chi connectivity index (χ3n) is 2.97. The average molecular weight is 323 g/mol. The van der Waals surface area contributed by atoms with Crippen LogP contribution in [0.3, 0.4) is 0 Å². The third kappa shape index (κ3) is 2.45. The zero-order valence-corrected chi connectivity index (χ0v) is 12.6. The standard InChI is InChI=1S/C13H11ClN4O2S/c1-9-8-16-13-12(15-6-7-18(9)13)17-21(19,20)11-5-3-2-4-10(11)14/h2-8H,1H3,(H,15,17). The molecule has 108 valence electrons. The summed E-state index contributed by atoms with van der Waals surface area (Å²) in [5.41, 5.74) is 1.32. The number of hydrogen-bond acceptors (Lipinski definition) is 4. The summed E-state index contributed by atoms with van der Waals surface area (Å²) in [5, 5.41) is 0.150. The highest BCUT2D eigenvalue weighted by Gasteiger charge is 2.20. The molecule has 6 nitrogen and oxygen atoms in total. The molecule has 0 spiro atoms. The Balaban J connectivity index is 2.08. The van der Waals surface area contributed by atoms with Crippen LogP contribution < -0.4 is 4.72 Å². The van der Waals surface area contributed by atoms with Gasteiger partial charge in [-0.05, 0) is 19.1 Å². The second kappa shape index (κ2) is 5.01. The topological polar surface area (TPSA) is 76.4 Å². The minimum absolute atomic E-state index is 0.00116. The van der Waals surface area contributed by atoms with Crippen molar-refractivity contribution in [2.45, 2.75) is 11.8 Å². The van der Waals surface area contributed by atoms with Gasteiger partial charge in [0, 0.05) is 24.3 Å². The van der Waals surface area contributed by atoms with Crippen LogP contribution in [0, 0.1) is 6.92 Å². The number of anilines is 1. The SMILES string of the molecule is Cc1cnc2c(NS(=O)(=O)c3ccccc3Cl)nccn12. The Labute approximate surface area is 126 Å². The molecule has 0 fully saturated rings. The highest BCUT2D eigenvalue weighted by Crippen LogP contribution is 2.24. The van der Waals surface area contributed by atoms with Gasteiger partial charge in [0.1, 0.15) is 4.90 Å². The minimum Gasteiger partial charge on any atom is -0.300 e. The van der Waals surface area contributed by atoms with Gasteiger partial charge in [-0.3, -0.25) is 9.12 Å². The second-order valence-electron chi connectivity index (χ2n) is 4.40. The summed E-state index contributed by atoms with van der Waals surface area (Å²) in [6.45, 7) is 1.87. The molecule has 0 atom stereocenters. The Bertz CT molecular complexity index is 921. The molecule has 3 rings (SSSR count). The van der Waals surface area contributed by atoms with Crippen molar-refractivity contribution in [3.8, 4) is 0 Å². The van der Waals surface area contributed by atoms with Crippen LogP contribution in [0.15, 0.2) is 47.8 Å². The molecule has 8 heteroatoms. The summed E-state index contributed by atoms with van der Waals surface area (Å²) in [4.78, 5) is 8.20. The number of halogens is 1. The van der Waals surface area contributed by atoms with Crippen molar-refractivity contribution in [2.24, 2.45) is 0 Å². The first-order valence-electron chi connectivity index (χ1n) is 6.05. The predicted octanol–water partition coefficient (Wildman–Crippen LogP) is 2.49. The molecular formula is C13H11ClN4O2S. The van der Waals surface area contributed by atoms with Crippen molar-refractivity contribution in [1.82, 2.24) is 14.4 Å². The van der Waals surface area contributed by atoms with Crippen LogP contribution in [0.1, 0.15) is 5.69 Å². The lowest BCUT2D eigenvalue weighted by molar-refractivity contribution is 0.601. The van der Waals surface area contributed by atoms with E-state index in [0.717, 1.165) is 5.69 Å². The molecule has 0 aliphatic rings. The zero-order valence-electron chi connectivity index (χ0n) is 11.0. The summed E-state index contributed by atoms with van der Waals surface area (Å²) in [6.07, 6.45) is 4.86. The Morgan fingerprint density at radius 2 is 2.00 bits per heavy atom. The molecule has 2 aromatic heterocycles. The monoisotopic (exact) mass is 322 g/mol. The first kappa shape index (κ1) is 13.8. The van der Waals surface area contributed by atoms with Gasteiger partial charge in [-0.25, -0.2) is 18.4 Å². The molecule has 0 amide bonds. The van der Waals surface area contributed by atoms with Crippen LogP contribution in [0.5, 0.6) is 0 Å². The summed E-state index contributed by atoms with van der Waals surface area (Å²) in [7, 11) is -3.82. The molecule has 3 aromatic rings. The van der Waals surface area contributed by atoms with E-state index in [4.69, 9.17) is 11.6 Å². The average Bonchev–Trinajstić information content (AvgIpc) is 2.82. The molecule has 21 heavy (non-hydrogen) atoms. The lowest BCUT2D eigenvalue weighted by Crippen LogP contribution is -2.15. The van der Waals surface area contributed by atoms with Crippen molar-refractivity contribution < 1.29 is 8.42 Å². The normalized spacial score (nSPS) is 11.7. The first-order valence-corrected chi connectivity index (χ1v) is 7.91. The number of nitrogens with one attached hydrogen (secondary N) is 1. The van der Waals surface area contributed by atoms with Gasteiger partial charge in [-0.15, -0.1) is 0 Å². The predicted molar refractivity (Wildman–Crippen MR) is 80.0 cm³/mol. The number of nitrogens with zero attached hydrogens (tertiary/aromatic N) is 3. The third-order valence-corrected chi connectivity index (χ3v) is 4.81. The maximum Gasteiger partial charge on any atom is 0.264 e. The van der Waals surface area contributed by atoms with E-state index in [2.05, 4.69) is 14.7 Å². The number of fused-ring (bicyclic) bond motifs is 1. The quantitative estimate of drug-likeness (QED) is 0.803. The Morgan fingerprint density at radius 1 is 1.24 bits per heavy atom. The smallest absolute Gasteiger partial charge is 0.264 e. The van der Waals surface area contributed by atoms with Gasteiger partial charge in [0.15, 0.2) is 11.5 Å². The lowest BCUT2D eigenvalue weighted by Gasteiger charge is -2.09. The van der Waals surface area contributed by atoms with E-state index < -0.39 is 10.0 Å². The van der Waals surface area contributed by atoms with E-state index >= 15 is 0 Å². The van der Waals surface area contributed by atoms with Gasteiger partial charge in [-0.2, -0.15) is 0 Å².